The Hall–Kier alpha value is -2.67. The minimum Gasteiger partial charge on any atom is -0.370 e. The highest BCUT2D eigenvalue weighted by Crippen LogP contribution is 2.38. The second-order valence-electron chi connectivity index (χ2n) is 8.46. The van der Waals surface area contributed by atoms with Crippen LogP contribution in [0.1, 0.15) is 36.9 Å². The summed E-state index contributed by atoms with van der Waals surface area (Å²) in [5, 5.41) is 7.21. The van der Waals surface area contributed by atoms with Gasteiger partial charge in [-0.25, -0.2) is 0 Å². The number of carbonyl (C=O) groups excluding carboxylic acids is 2. The predicted molar refractivity (Wildman–Crippen MR) is 113 cm³/mol. The van der Waals surface area contributed by atoms with E-state index in [0.717, 1.165) is 50.0 Å². The van der Waals surface area contributed by atoms with Gasteiger partial charge in [-0.05, 0) is 44.2 Å². The fraction of sp³-hybridized carbons (Fsp3) is 0.522. The van der Waals surface area contributed by atoms with Crippen molar-refractivity contribution in [2.75, 3.05) is 19.6 Å². The Kier molecular flexibility index (Phi) is 6.18. The molecule has 1 atom stereocenters. The van der Waals surface area contributed by atoms with Crippen molar-refractivity contribution in [3.8, 4) is 0 Å². The fourth-order valence-corrected chi connectivity index (χ4v) is 4.43. The highest BCUT2D eigenvalue weighted by molar-refractivity contribution is 5.79. The summed E-state index contributed by atoms with van der Waals surface area (Å²) in [6, 6.07) is 11.8. The predicted octanol–water partition coefficient (Wildman–Crippen LogP) is 2.09. The van der Waals surface area contributed by atoms with E-state index < -0.39 is 0 Å². The average Bonchev–Trinajstić information content (AvgIpc) is 3.34. The molecule has 1 spiro atoms. The number of nitrogens with zero attached hydrogens (tertiary/aromatic N) is 3. The van der Waals surface area contributed by atoms with Crippen molar-refractivity contribution in [3.63, 3.8) is 0 Å². The summed E-state index contributed by atoms with van der Waals surface area (Å²) in [5.41, 5.74) is 1.82. The van der Waals surface area contributed by atoms with Crippen LogP contribution >= 0.6 is 0 Å². The molecule has 2 aliphatic heterocycles. The Morgan fingerprint density at radius 3 is 2.63 bits per heavy atom. The highest BCUT2D eigenvalue weighted by Gasteiger charge is 2.43. The monoisotopic (exact) mass is 410 g/mol. The standard InChI is InChI=1S/C23H30N4O3/c1-18-8-12-27(25-18)17-21(28)24-16-20-7-9-23(30-20)10-13-26(14-11-23)22(29)15-19-5-3-2-4-6-19/h2-6,8,12,20H,7,9-11,13-17H2,1H3,(H,24,28). The number of likely N-dealkylation sites (tertiary alicyclic amines) is 1. The van der Waals surface area contributed by atoms with Crippen molar-refractivity contribution in [1.82, 2.24) is 20.0 Å². The van der Waals surface area contributed by atoms with Crippen LogP contribution in [0.3, 0.4) is 0 Å². The summed E-state index contributed by atoms with van der Waals surface area (Å²) in [5.74, 6) is 0.135. The number of benzene rings is 1. The topological polar surface area (TPSA) is 76.5 Å². The van der Waals surface area contributed by atoms with Gasteiger partial charge < -0.3 is 15.0 Å². The summed E-state index contributed by atoms with van der Waals surface area (Å²) in [6.45, 7) is 4.13. The Labute approximate surface area is 177 Å². The van der Waals surface area contributed by atoms with Gasteiger partial charge in [-0.2, -0.15) is 5.10 Å². The van der Waals surface area contributed by atoms with E-state index in [-0.39, 0.29) is 30.1 Å². The molecule has 160 valence electrons. The molecule has 0 bridgehead atoms. The zero-order chi connectivity index (χ0) is 21.0. The van der Waals surface area contributed by atoms with Gasteiger partial charge in [-0.3, -0.25) is 14.3 Å². The molecular weight excluding hydrogens is 380 g/mol. The first-order valence-electron chi connectivity index (χ1n) is 10.8. The first-order valence-corrected chi connectivity index (χ1v) is 10.8. The molecule has 1 aromatic carbocycles. The number of hydrogen-bond donors (Lipinski definition) is 1. The van der Waals surface area contributed by atoms with Crippen molar-refractivity contribution in [2.45, 2.75) is 57.3 Å². The second-order valence-corrected chi connectivity index (χ2v) is 8.46. The molecule has 0 aliphatic carbocycles. The molecule has 0 radical (unpaired) electrons. The van der Waals surface area contributed by atoms with Crippen LogP contribution in [0.4, 0.5) is 0 Å². The Bertz CT molecular complexity index is 872. The van der Waals surface area contributed by atoms with Gasteiger partial charge in [0.15, 0.2) is 0 Å². The Morgan fingerprint density at radius 1 is 1.17 bits per heavy atom. The third kappa shape index (κ3) is 5.08. The molecule has 30 heavy (non-hydrogen) atoms. The minimum absolute atomic E-state index is 0.0416. The van der Waals surface area contributed by atoms with E-state index in [1.54, 1.807) is 4.68 Å². The molecule has 1 unspecified atom stereocenters. The number of piperidine rings is 1. The van der Waals surface area contributed by atoms with Gasteiger partial charge in [0, 0.05) is 25.8 Å². The van der Waals surface area contributed by atoms with Crippen LogP contribution in [0.2, 0.25) is 0 Å². The van der Waals surface area contributed by atoms with Gasteiger partial charge in [-0.15, -0.1) is 0 Å². The lowest BCUT2D eigenvalue weighted by atomic mass is 9.88. The molecule has 7 nitrogen and oxygen atoms in total. The molecule has 2 amide bonds. The normalized spacial score (nSPS) is 20.4. The van der Waals surface area contributed by atoms with Crippen LogP contribution in [-0.2, 0) is 27.3 Å². The molecule has 0 saturated carbocycles. The molecule has 2 aromatic rings. The summed E-state index contributed by atoms with van der Waals surface area (Å²) in [7, 11) is 0. The average molecular weight is 411 g/mol. The number of ether oxygens (including phenoxy) is 1. The van der Waals surface area contributed by atoms with Crippen molar-refractivity contribution in [3.05, 3.63) is 53.9 Å². The van der Waals surface area contributed by atoms with Crippen molar-refractivity contribution >= 4 is 11.8 Å². The molecule has 2 saturated heterocycles. The third-order valence-electron chi connectivity index (χ3n) is 6.17. The third-order valence-corrected chi connectivity index (χ3v) is 6.17. The first-order chi connectivity index (χ1) is 14.5. The molecule has 7 heteroatoms. The number of aromatic nitrogens is 2. The molecule has 3 heterocycles. The van der Waals surface area contributed by atoms with Gasteiger partial charge in [0.05, 0.1) is 23.8 Å². The number of nitrogens with one attached hydrogen (secondary N) is 1. The van der Waals surface area contributed by atoms with Crippen LogP contribution < -0.4 is 5.32 Å². The van der Waals surface area contributed by atoms with Gasteiger partial charge in [-0.1, -0.05) is 30.3 Å². The van der Waals surface area contributed by atoms with Gasteiger partial charge in [0.25, 0.3) is 0 Å². The minimum atomic E-state index is -0.141. The number of rotatable bonds is 6. The largest absolute Gasteiger partial charge is 0.370 e. The van der Waals surface area contributed by atoms with E-state index in [0.29, 0.717) is 13.0 Å². The molecule has 1 N–H and O–H groups in total. The number of hydrogen-bond acceptors (Lipinski definition) is 4. The van der Waals surface area contributed by atoms with E-state index in [2.05, 4.69) is 10.4 Å². The van der Waals surface area contributed by atoms with E-state index in [1.807, 2.05) is 54.4 Å². The lowest BCUT2D eigenvalue weighted by Gasteiger charge is -2.39. The van der Waals surface area contributed by atoms with E-state index in [9.17, 15) is 9.59 Å². The smallest absolute Gasteiger partial charge is 0.241 e. The van der Waals surface area contributed by atoms with Crippen LogP contribution in [0.5, 0.6) is 0 Å². The Balaban J connectivity index is 1.20. The van der Waals surface area contributed by atoms with Crippen molar-refractivity contribution in [1.29, 1.82) is 0 Å². The fourth-order valence-electron chi connectivity index (χ4n) is 4.43. The molecular formula is C23H30N4O3. The molecule has 1 aromatic heterocycles. The Morgan fingerprint density at radius 2 is 1.93 bits per heavy atom. The van der Waals surface area contributed by atoms with E-state index >= 15 is 0 Å². The summed E-state index contributed by atoms with van der Waals surface area (Å²) in [6.07, 6.45) is 5.97. The van der Waals surface area contributed by atoms with Crippen LogP contribution in [-0.4, -0.2) is 57.8 Å². The van der Waals surface area contributed by atoms with Gasteiger partial charge in [0.2, 0.25) is 11.8 Å². The quantitative estimate of drug-likeness (QED) is 0.791. The van der Waals surface area contributed by atoms with Gasteiger partial charge >= 0.3 is 0 Å². The second kappa shape index (κ2) is 9.00. The maximum Gasteiger partial charge on any atom is 0.241 e. The van der Waals surface area contributed by atoms with Crippen LogP contribution in [0.15, 0.2) is 42.6 Å². The van der Waals surface area contributed by atoms with Crippen LogP contribution in [0.25, 0.3) is 0 Å². The SMILES string of the molecule is Cc1ccn(CC(=O)NCC2CCC3(CCN(C(=O)Cc4ccccc4)CC3)O2)n1. The maximum atomic E-state index is 12.6. The summed E-state index contributed by atoms with van der Waals surface area (Å²) in [4.78, 5) is 26.7. The highest BCUT2D eigenvalue weighted by atomic mass is 16.5. The molecule has 4 rings (SSSR count). The number of aryl methyl sites for hydroxylation is 1. The van der Waals surface area contributed by atoms with E-state index in [4.69, 9.17) is 4.74 Å². The maximum absolute atomic E-state index is 12.6. The molecule has 2 fully saturated rings. The zero-order valence-corrected chi connectivity index (χ0v) is 17.5. The lowest BCUT2D eigenvalue weighted by Crippen LogP contribution is -2.47. The summed E-state index contributed by atoms with van der Waals surface area (Å²) >= 11 is 0. The summed E-state index contributed by atoms with van der Waals surface area (Å²) < 4.78 is 8.01. The van der Waals surface area contributed by atoms with Gasteiger partial charge in [0.1, 0.15) is 6.54 Å². The molecule has 2 aliphatic rings. The zero-order valence-electron chi connectivity index (χ0n) is 17.5. The van der Waals surface area contributed by atoms with E-state index in [1.165, 1.54) is 0 Å². The van der Waals surface area contributed by atoms with Crippen molar-refractivity contribution in [2.24, 2.45) is 0 Å². The number of carbonyl (C=O) groups is 2. The number of amides is 2. The first kappa shape index (κ1) is 20.6. The van der Waals surface area contributed by atoms with Crippen LogP contribution in [0, 0.1) is 6.92 Å². The van der Waals surface area contributed by atoms with Crippen molar-refractivity contribution < 1.29 is 14.3 Å². The lowest BCUT2D eigenvalue weighted by molar-refractivity contribution is -0.137.